The smallest absolute Gasteiger partial charge is 0.244 e. The van der Waals surface area contributed by atoms with Crippen LogP contribution < -0.4 is 5.43 Å². The van der Waals surface area contributed by atoms with Crippen LogP contribution in [0.1, 0.15) is 32.6 Å². The van der Waals surface area contributed by atoms with Crippen LogP contribution in [0.15, 0.2) is 35.3 Å². The minimum Gasteiger partial charge on any atom is -0.341 e. The number of fused-ring (bicyclic) bond motifs is 1. The van der Waals surface area contributed by atoms with Crippen molar-refractivity contribution in [3.63, 3.8) is 0 Å². The molecule has 1 aliphatic rings. The van der Waals surface area contributed by atoms with Gasteiger partial charge in [-0.3, -0.25) is 14.3 Å². The highest BCUT2D eigenvalue weighted by atomic mass is 16.2. The van der Waals surface area contributed by atoms with Crippen LogP contribution in [0.4, 0.5) is 0 Å². The van der Waals surface area contributed by atoms with E-state index in [1.54, 1.807) is 10.7 Å². The average molecular weight is 313 g/mol. The Hall–Kier alpha value is -2.17. The lowest BCUT2D eigenvalue weighted by Crippen LogP contribution is -2.41. The van der Waals surface area contributed by atoms with E-state index in [0.717, 1.165) is 18.8 Å². The number of benzene rings is 1. The van der Waals surface area contributed by atoms with Gasteiger partial charge in [0.15, 0.2) is 0 Å². The Morgan fingerprint density at radius 3 is 2.70 bits per heavy atom. The molecule has 0 spiro atoms. The van der Waals surface area contributed by atoms with Gasteiger partial charge in [0.2, 0.25) is 11.3 Å². The molecule has 0 unspecified atom stereocenters. The molecule has 1 aromatic heterocycles. The van der Waals surface area contributed by atoms with Gasteiger partial charge in [-0.2, -0.15) is 5.10 Å². The predicted octanol–water partition coefficient (Wildman–Crippen LogP) is 2.43. The van der Waals surface area contributed by atoms with Gasteiger partial charge in [0.1, 0.15) is 6.54 Å². The molecule has 122 valence electrons. The average Bonchev–Trinajstić information content (AvgIpc) is 2.57. The van der Waals surface area contributed by atoms with Gasteiger partial charge < -0.3 is 4.90 Å². The SMILES string of the molecule is CC1CCC(N(C)C(=O)Cn2ncc(=O)c3ccccc32)CC1. The van der Waals surface area contributed by atoms with E-state index in [1.807, 2.05) is 30.1 Å². The van der Waals surface area contributed by atoms with Gasteiger partial charge in [0, 0.05) is 18.5 Å². The molecular weight excluding hydrogens is 290 g/mol. The lowest BCUT2D eigenvalue weighted by Gasteiger charge is -2.33. The zero-order valence-corrected chi connectivity index (χ0v) is 13.7. The second kappa shape index (κ2) is 6.52. The molecule has 1 heterocycles. The quantitative estimate of drug-likeness (QED) is 0.874. The molecule has 0 radical (unpaired) electrons. The Balaban J connectivity index is 1.78. The Bertz CT molecular complexity index is 760. The minimum absolute atomic E-state index is 0.0471. The summed E-state index contributed by atoms with van der Waals surface area (Å²) in [4.78, 5) is 26.3. The van der Waals surface area contributed by atoms with Crippen molar-refractivity contribution >= 4 is 16.8 Å². The summed E-state index contributed by atoms with van der Waals surface area (Å²) in [6.45, 7) is 2.44. The summed E-state index contributed by atoms with van der Waals surface area (Å²) in [5.74, 6) is 0.810. The molecule has 5 heteroatoms. The number of hydrogen-bond donors (Lipinski definition) is 0. The zero-order valence-electron chi connectivity index (χ0n) is 13.7. The van der Waals surface area contributed by atoms with Crippen molar-refractivity contribution in [1.29, 1.82) is 0 Å². The van der Waals surface area contributed by atoms with Gasteiger partial charge in [-0.05, 0) is 43.7 Å². The summed E-state index contributed by atoms with van der Waals surface area (Å²) in [5.41, 5.74) is 0.595. The Labute approximate surface area is 135 Å². The zero-order chi connectivity index (χ0) is 16.4. The van der Waals surface area contributed by atoms with E-state index in [-0.39, 0.29) is 17.9 Å². The highest BCUT2D eigenvalue weighted by Gasteiger charge is 2.25. The van der Waals surface area contributed by atoms with Crippen LogP contribution >= 0.6 is 0 Å². The molecule has 1 aromatic carbocycles. The van der Waals surface area contributed by atoms with Crippen molar-refractivity contribution < 1.29 is 4.79 Å². The van der Waals surface area contributed by atoms with Crippen molar-refractivity contribution in [3.8, 4) is 0 Å². The largest absolute Gasteiger partial charge is 0.341 e. The number of para-hydroxylation sites is 1. The number of hydrogen-bond acceptors (Lipinski definition) is 3. The van der Waals surface area contributed by atoms with Crippen molar-refractivity contribution in [2.45, 2.75) is 45.2 Å². The monoisotopic (exact) mass is 313 g/mol. The fourth-order valence-electron chi connectivity index (χ4n) is 3.36. The highest BCUT2D eigenvalue weighted by Crippen LogP contribution is 2.26. The number of likely N-dealkylation sites (N-methyl/N-ethyl adjacent to an activating group) is 1. The van der Waals surface area contributed by atoms with Gasteiger partial charge in [0.25, 0.3) is 0 Å². The second-order valence-corrected chi connectivity index (χ2v) is 6.60. The molecule has 3 rings (SSSR count). The summed E-state index contributed by atoms with van der Waals surface area (Å²) < 4.78 is 1.63. The van der Waals surface area contributed by atoms with Gasteiger partial charge in [-0.1, -0.05) is 19.1 Å². The number of amides is 1. The van der Waals surface area contributed by atoms with Gasteiger partial charge >= 0.3 is 0 Å². The van der Waals surface area contributed by atoms with Crippen LogP contribution in [-0.2, 0) is 11.3 Å². The fraction of sp³-hybridized carbons (Fsp3) is 0.500. The first-order valence-corrected chi connectivity index (χ1v) is 8.27. The number of rotatable bonds is 3. The molecule has 1 aliphatic carbocycles. The van der Waals surface area contributed by atoms with E-state index < -0.39 is 0 Å². The summed E-state index contributed by atoms with van der Waals surface area (Å²) >= 11 is 0. The first-order valence-electron chi connectivity index (χ1n) is 8.27. The predicted molar refractivity (Wildman–Crippen MR) is 90.2 cm³/mol. The van der Waals surface area contributed by atoms with Gasteiger partial charge in [-0.15, -0.1) is 0 Å². The molecule has 1 amide bonds. The summed E-state index contributed by atoms with van der Waals surface area (Å²) in [5, 5.41) is 4.74. The number of carbonyl (C=O) groups excluding carboxylic acids is 1. The van der Waals surface area contributed by atoms with Crippen molar-refractivity contribution in [3.05, 3.63) is 40.7 Å². The van der Waals surface area contributed by atoms with E-state index >= 15 is 0 Å². The van der Waals surface area contributed by atoms with E-state index in [4.69, 9.17) is 0 Å². The topological polar surface area (TPSA) is 55.2 Å². The van der Waals surface area contributed by atoms with E-state index in [9.17, 15) is 9.59 Å². The maximum Gasteiger partial charge on any atom is 0.244 e. The maximum atomic E-state index is 12.6. The van der Waals surface area contributed by atoms with Crippen LogP contribution in [0.25, 0.3) is 10.9 Å². The van der Waals surface area contributed by atoms with Crippen LogP contribution in [0.3, 0.4) is 0 Å². The molecule has 0 bridgehead atoms. The summed E-state index contributed by atoms with van der Waals surface area (Å²) in [6, 6.07) is 7.61. The summed E-state index contributed by atoms with van der Waals surface area (Å²) in [7, 11) is 1.88. The summed E-state index contributed by atoms with van der Waals surface area (Å²) in [6.07, 6.45) is 5.80. The van der Waals surface area contributed by atoms with E-state index in [2.05, 4.69) is 12.0 Å². The van der Waals surface area contributed by atoms with Crippen LogP contribution in [0, 0.1) is 5.92 Å². The molecular formula is C18H23N3O2. The van der Waals surface area contributed by atoms with Crippen molar-refractivity contribution in [1.82, 2.24) is 14.7 Å². The first kappa shape index (κ1) is 15.7. The van der Waals surface area contributed by atoms with Gasteiger partial charge in [0.05, 0.1) is 11.7 Å². The van der Waals surface area contributed by atoms with Crippen LogP contribution in [0.2, 0.25) is 0 Å². The molecule has 0 saturated heterocycles. The standard InChI is InChI=1S/C18H23N3O2/c1-13-7-9-14(10-8-13)20(2)18(23)12-21-16-6-4-3-5-15(16)17(22)11-19-21/h3-6,11,13-14H,7-10,12H2,1-2H3. The normalized spacial score (nSPS) is 21.3. The Morgan fingerprint density at radius 1 is 1.26 bits per heavy atom. The molecule has 0 N–H and O–H groups in total. The van der Waals surface area contributed by atoms with Crippen LogP contribution in [0.5, 0.6) is 0 Å². The third-order valence-electron chi connectivity index (χ3n) is 4.97. The third-order valence-corrected chi connectivity index (χ3v) is 4.97. The lowest BCUT2D eigenvalue weighted by molar-refractivity contribution is -0.133. The third kappa shape index (κ3) is 3.28. The Kier molecular flexibility index (Phi) is 4.46. The maximum absolute atomic E-state index is 12.6. The molecule has 1 fully saturated rings. The Morgan fingerprint density at radius 2 is 1.96 bits per heavy atom. The van der Waals surface area contributed by atoms with E-state index in [0.29, 0.717) is 16.9 Å². The second-order valence-electron chi connectivity index (χ2n) is 6.60. The number of nitrogens with zero attached hydrogens (tertiary/aromatic N) is 3. The number of aromatic nitrogens is 2. The molecule has 2 aromatic rings. The van der Waals surface area contributed by atoms with Crippen LogP contribution in [-0.4, -0.2) is 33.7 Å². The number of carbonyl (C=O) groups is 1. The van der Waals surface area contributed by atoms with Crippen molar-refractivity contribution in [2.24, 2.45) is 5.92 Å². The molecule has 0 aliphatic heterocycles. The molecule has 5 nitrogen and oxygen atoms in total. The van der Waals surface area contributed by atoms with Gasteiger partial charge in [-0.25, -0.2) is 0 Å². The molecule has 1 saturated carbocycles. The highest BCUT2D eigenvalue weighted by molar-refractivity contribution is 5.81. The minimum atomic E-state index is -0.112. The fourth-order valence-corrected chi connectivity index (χ4v) is 3.36. The van der Waals surface area contributed by atoms with E-state index in [1.165, 1.54) is 19.0 Å². The molecule has 23 heavy (non-hydrogen) atoms. The molecule has 0 atom stereocenters. The first-order chi connectivity index (χ1) is 11.1. The lowest BCUT2D eigenvalue weighted by atomic mass is 9.87. The van der Waals surface area contributed by atoms with Crippen molar-refractivity contribution in [2.75, 3.05) is 7.05 Å².